The molecule has 2 aliphatic rings. The van der Waals surface area contributed by atoms with E-state index in [1.54, 1.807) is 18.3 Å². The van der Waals surface area contributed by atoms with Gasteiger partial charge in [0.1, 0.15) is 6.10 Å². The van der Waals surface area contributed by atoms with Gasteiger partial charge in [0.25, 0.3) is 5.91 Å². The molecule has 2 heterocycles. The van der Waals surface area contributed by atoms with Gasteiger partial charge in [-0.1, -0.05) is 19.3 Å². The number of carbonyl (C=O) groups excluding carboxylic acids is 1. The average Bonchev–Trinajstić information content (AvgIpc) is 3.07. The van der Waals surface area contributed by atoms with E-state index in [9.17, 15) is 4.79 Å². The first kappa shape index (κ1) is 15.3. The van der Waals surface area contributed by atoms with Crippen LogP contribution in [0.4, 0.5) is 0 Å². The number of rotatable bonds is 5. The summed E-state index contributed by atoms with van der Waals surface area (Å²) in [6, 6.07) is 3.53. The fourth-order valence-electron chi connectivity index (χ4n) is 3.09. The van der Waals surface area contributed by atoms with Crippen LogP contribution in [-0.2, 0) is 4.74 Å². The zero-order valence-electron chi connectivity index (χ0n) is 12.9. The Kier molecular flexibility index (Phi) is 5.27. The van der Waals surface area contributed by atoms with Gasteiger partial charge in [0, 0.05) is 25.2 Å². The van der Waals surface area contributed by atoms with Gasteiger partial charge in [-0.05, 0) is 24.8 Å². The molecule has 1 atom stereocenters. The molecule has 5 heteroatoms. The van der Waals surface area contributed by atoms with E-state index in [2.05, 4.69) is 10.3 Å². The molecule has 1 amide bonds. The second kappa shape index (κ2) is 7.58. The van der Waals surface area contributed by atoms with Gasteiger partial charge in [0.15, 0.2) is 0 Å². The Bertz CT molecular complexity index is 477. The number of hydrogen-bond donors (Lipinski definition) is 1. The predicted molar refractivity (Wildman–Crippen MR) is 83.0 cm³/mol. The molecule has 5 nitrogen and oxygen atoms in total. The number of hydrogen-bond acceptors (Lipinski definition) is 4. The largest absolute Gasteiger partial charge is 0.472 e. The van der Waals surface area contributed by atoms with Crippen molar-refractivity contribution < 1.29 is 14.3 Å². The van der Waals surface area contributed by atoms with Gasteiger partial charge in [-0.15, -0.1) is 0 Å². The summed E-state index contributed by atoms with van der Waals surface area (Å²) < 4.78 is 11.0. The molecular weight excluding hydrogens is 280 g/mol. The molecular formula is C17H24N2O3. The normalized spacial score (nSPS) is 22.5. The Hall–Kier alpha value is -1.62. The minimum Gasteiger partial charge on any atom is -0.472 e. The molecule has 1 saturated heterocycles. The van der Waals surface area contributed by atoms with Crippen LogP contribution in [0.25, 0.3) is 0 Å². The second-order valence-electron chi connectivity index (χ2n) is 6.20. The van der Waals surface area contributed by atoms with Crippen LogP contribution in [0, 0.1) is 5.92 Å². The van der Waals surface area contributed by atoms with E-state index < -0.39 is 0 Å². The van der Waals surface area contributed by atoms with Crippen molar-refractivity contribution in [3.63, 3.8) is 0 Å². The third-order valence-electron chi connectivity index (χ3n) is 4.45. The molecule has 0 radical (unpaired) electrons. The van der Waals surface area contributed by atoms with Crippen molar-refractivity contribution in [3.05, 3.63) is 23.9 Å². The first-order valence-electron chi connectivity index (χ1n) is 8.30. The van der Waals surface area contributed by atoms with Crippen molar-refractivity contribution in [2.75, 3.05) is 19.8 Å². The highest BCUT2D eigenvalue weighted by Gasteiger charge is 2.18. The predicted octanol–water partition coefficient (Wildman–Crippen LogP) is 2.56. The van der Waals surface area contributed by atoms with Crippen molar-refractivity contribution in [2.24, 2.45) is 5.92 Å². The Morgan fingerprint density at radius 2 is 2.14 bits per heavy atom. The minimum atomic E-state index is -0.0474. The van der Waals surface area contributed by atoms with Crippen LogP contribution in [0.5, 0.6) is 5.88 Å². The molecule has 1 aliphatic heterocycles. The molecule has 1 aromatic rings. The summed E-state index contributed by atoms with van der Waals surface area (Å²) in [7, 11) is 0. The van der Waals surface area contributed by atoms with Crippen molar-refractivity contribution in [1.29, 1.82) is 0 Å². The van der Waals surface area contributed by atoms with Crippen LogP contribution in [0.15, 0.2) is 18.3 Å². The van der Waals surface area contributed by atoms with Gasteiger partial charge in [-0.3, -0.25) is 4.79 Å². The lowest BCUT2D eigenvalue weighted by atomic mass is 9.89. The molecule has 1 saturated carbocycles. The average molecular weight is 304 g/mol. The summed E-state index contributed by atoms with van der Waals surface area (Å²) in [6.07, 6.45) is 8.94. The van der Waals surface area contributed by atoms with Crippen LogP contribution < -0.4 is 10.1 Å². The van der Waals surface area contributed by atoms with E-state index in [1.807, 2.05) is 0 Å². The molecule has 0 aromatic carbocycles. The minimum absolute atomic E-state index is 0.0474. The van der Waals surface area contributed by atoms with E-state index in [-0.39, 0.29) is 12.0 Å². The van der Waals surface area contributed by atoms with Gasteiger partial charge >= 0.3 is 0 Å². The zero-order valence-corrected chi connectivity index (χ0v) is 12.9. The molecule has 1 N–H and O–H groups in total. The molecule has 2 fully saturated rings. The number of carbonyl (C=O) groups is 1. The maximum Gasteiger partial charge on any atom is 0.252 e. The molecule has 0 spiro atoms. The maximum atomic E-state index is 12.1. The van der Waals surface area contributed by atoms with Crippen molar-refractivity contribution in [3.8, 4) is 5.88 Å². The first-order valence-corrected chi connectivity index (χ1v) is 8.30. The number of ether oxygens (including phenoxy) is 2. The fourth-order valence-corrected chi connectivity index (χ4v) is 3.09. The number of aromatic nitrogens is 1. The Labute approximate surface area is 131 Å². The lowest BCUT2D eigenvalue weighted by Gasteiger charge is -2.21. The second-order valence-corrected chi connectivity index (χ2v) is 6.20. The highest BCUT2D eigenvalue weighted by molar-refractivity contribution is 5.93. The summed E-state index contributed by atoms with van der Waals surface area (Å²) in [5.41, 5.74) is 0.589. The number of amides is 1. The third kappa shape index (κ3) is 4.19. The van der Waals surface area contributed by atoms with Gasteiger partial charge < -0.3 is 14.8 Å². The molecule has 1 aromatic heterocycles. The molecule has 0 bridgehead atoms. The number of nitrogens with one attached hydrogen (secondary N) is 1. The van der Waals surface area contributed by atoms with Crippen molar-refractivity contribution in [1.82, 2.24) is 10.3 Å². The standard InChI is InChI=1S/C17H24N2O3/c20-17(19-10-13-4-2-1-3-5-13)14-6-7-16(18-11-14)22-15-8-9-21-12-15/h6-7,11,13,15H,1-5,8-10,12H2,(H,19,20). The van der Waals surface area contributed by atoms with Gasteiger partial charge in [0.2, 0.25) is 5.88 Å². The maximum absolute atomic E-state index is 12.1. The lowest BCUT2D eigenvalue weighted by Crippen LogP contribution is -2.30. The summed E-state index contributed by atoms with van der Waals surface area (Å²) >= 11 is 0. The monoisotopic (exact) mass is 304 g/mol. The van der Waals surface area contributed by atoms with Crippen LogP contribution in [-0.4, -0.2) is 36.8 Å². The molecule has 120 valence electrons. The number of nitrogens with zero attached hydrogens (tertiary/aromatic N) is 1. The summed E-state index contributed by atoms with van der Waals surface area (Å²) in [5, 5.41) is 3.02. The van der Waals surface area contributed by atoms with Crippen LogP contribution in [0.1, 0.15) is 48.9 Å². The first-order chi connectivity index (χ1) is 10.8. The van der Waals surface area contributed by atoms with Crippen molar-refractivity contribution in [2.45, 2.75) is 44.6 Å². The molecule has 22 heavy (non-hydrogen) atoms. The highest BCUT2D eigenvalue weighted by atomic mass is 16.5. The molecule has 1 aliphatic carbocycles. The quantitative estimate of drug-likeness (QED) is 0.908. The Balaban J connectivity index is 1.47. The lowest BCUT2D eigenvalue weighted by molar-refractivity contribution is 0.0943. The number of pyridine rings is 1. The van der Waals surface area contributed by atoms with E-state index in [1.165, 1.54) is 32.1 Å². The molecule has 1 unspecified atom stereocenters. The summed E-state index contributed by atoms with van der Waals surface area (Å²) in [4.78, 5) is 16.4. The molecule has 3 rings (SSSR count). The Morgan fingerprint density at radius 3 is 2.82 bits per heavy atom. The van der Waals surface area contributed by atoms with E-state index in [0.29, 0.717) is 24.0 Å². The zero-order chi connectivity index (χ0) is 15.2. The summed E-state index contributed by atoms with van der Waals surface area (Å²) in [5.74, 6) is 1.14. The van der Waals surface area contributed by atoms with Gasteiger partial charge in [-0.2, -0.15) is 0 Å². The van der Waals surface area contributed by atoms with Gasteiger partial charge in [-0.25, -0.2) is 4.98 Å². The summed E-state index contributed by atoms with van der Waals surface area (Å²) in [6.45, 7) is 2.13. The highest BCUT2D eigenvalue weighted by Crippen LogP contribution is 2.22. The van der Waals surface area contributed by atoms with E-state index >= 15 is 0 Å². The van der Waals surface area contributed by atoms with Gasteiger partial charge in [0.05, 0.1) is 18.8 Å². The topological polar surface area (TPSA) is 60.5 Å². The van der Waals surface area contributed by atoms with Crippen LogP contribution in [0.3, 0.4) is 0 Å². The smallest absolute Gasteiger partial charge is 0.252 e. The van der Waals surface area contributed by atoms with Crippen LogP contribution in [0.2, 0.25) is 0 Å². The SMILES string of the molecule is O=C(NCC1CCCCC1)c1ccc(OC2CCOC2)nc1. The Morgan fingerprint density at radius 1 is 1.27 bits per heavy atom. The van der Waals surface area contributed by atoms with E-state index in [4.69, 9.17) is 9.47 Å². The third-order valence-corrected chi connectivity index (χ3v) is 4.45. The van der Waals surface area contributed by atoms with E-state index in [0.717, 1.165) is 19.6 Å². The van der Waals surface area contributed by atoms with Crippen LogP contribution >= 0.6 is 0 Å². The fraction of sp³-hybridized carbons (Fsp3) is 0.647. The van der Waals surface area contributed by atoms with Crippen molar-refractivity contribution >= 4 is 5.91 Å².